The summed E-state index contributed by atoms with van der Waals surface area (Å²) in [6.07, 6.45) is -23.8. The van der Waals surface area contributed by atoms with Crippen molar-refractivity contribution >= 4 is 11.0 Å². The van der Waals surface area contributed by atoms with Crippen LogP contribution in [0.1, 0.15) is 13.8 Å². The highest BCUT2D eigenvalue weighted by atomic mass is 16.7. The molecular formula is C35H44O20. The molecule has 0 aliphatic carbocycles. The molecule has 20 nitrogen and oxygen atoms in total. The van der Waals surface area contributed by atoms with Crippen molar-refractivity contribution in [2.24, 2.45) is 0 Å². The molecule has 55 heavy (non-hydrogen) atoms. The van der Waals surface area contributed by atoms with Crippen molar-refractivity contribution in [2.45, 2.75) is 106 Å². The fourth-order valence-corrected chi connectivity index (χ4v) is 6.56. The number of aliphatic hydroxyl groups is 8. The molecular weight excluding hydrogens is 740 g/mol. The molecule has 3 aliphatic rings. The van der Waals surface area contributed by atoms with Gasteiger partial charge in [0.1, 0.15) is 83.5 Å². The van der Waals surface area contributed by atoms with Crippen molar-refractivity contribution in [2.75, 3.05) is 20.8 Å². The van der Waals surface area contributed by atoms with Crippen LogP contribution in [0.3, 0.4) is 0 Å². The molecule has 20 heteroatoms. The summed E-state index contributed by atoms with van der Waals surface area (Å²) >= 11 is 0. The second-order valence-electron chi connectivity index (χ2n) is 13.4. The van der Waals surface area contributed by atoms with Crippen LogP contribution in [0.15, 0.2) is 39.5 Å². The Morgan fingerprint density at radius 3 is 2.02 bits per heavy atom. The molecule has 0 unspecified atom stereocenters. The lowest BCUT2D eigenvalue weighted by molar-refractivity contribution is -0.357. The monoisotopic (exact) mass is 784 g/mol. The number of methoxy groups -OCH3 is 2. The first-order chi connectivity index (χ1) is 26.1. The molecule has 15 atom stereocenters. The Morgan fingerprint density at radius 2 is 1.33 bits per heavy atom. The Kier molecular flexibility index (Phi) is 12.1. The van der Waals surface area contributed by atoms with E-state index < -0.39 is 116 Å². The number of phenols is 2. The molecule has 3 fully saturated rings. The number of aliphatic hydroxyl groups excluding tert-OH is 8. The van der Waals surface area contributed by atoms with Gasteiger partial charge < -0.3 is 93.4 Å². The average molecular weight is 785 g/mol. The van der Waals surface area contributed by atoms with Gasteiger partial charge in [0.15, 0.2) is 29.8 Å². The SMILES string of the molecule is COc1cc(O)c2c(=O)c(O[C@@H]3O[C@H](CO[C@@H]4O[C@@H](C)[C@H](O[C@@H]5O[C@@H](C)[C@H](O)[C@H](O)[C@H]5O)[C@H](O)[C@H]4O)[C@@H](O)[C@H](O)[C@H]3O)c(-c3ccc(O)c(OC)c3)oc2c1. The maximum Gasteiger partial charge on any atom is 0.239 e. The van der Waals surface area contributed by atoms with E-state index in [0.717, 1.165) is 6.07 Å². The molecule has 0 radical (unpaired) electrons. The van der Waals surface area contributed by atoms with Gasteiger partial charge in [-0.2, -0.15) is 0 Å². The molecule has 4 heterocycles. The van der Waals surface area contributed by atoms with Gasteiger partial charge in [-0.15, -0.1) is 0 Å². The van der Waals surface area contributed by atoms with E-state index in [-0.39, 0.29) is 39.5 Å². The molecule has 0 saturated carbocycles. The van der Waals surface area contributed by atoms with Gasteiger partial charge >= 0.3 is 0 Å². The van der Waals surface area contributed by atoms with Gasteiger partial charge in [0, 0.05) is 17.7 Å². The molecule has 304 valence electrons. The summed E-state index contributed by atoms with van der Waals surface area (Å²) < 4.78 is 50.4. The zero-order chi connectivity index (χ0) is 40.0. The minimum absolute atomic E-state index is 0.0121. The van der Waals surface area contributed by atoms with Gasteiger partial charge in [0.25, 0.3) is 0 Å². The highest BCUT2D eigenvalue weighted by Crippen LogP contribution is 2.40. The topological polar surface area (TPSA) is 306 Å². The predicted molar refractivity (Wildman–Crippen MR) is 181 cm³/mol. The molecule has 0 amide bonds. The van der Waals surface area contributed by atoms with Crippen molar-refractivity contribution < 1.29 is 93.4 Å². The highest BCUT2D eigenvalue weighted by Gasteiger charge is 2.51. The Balaban J connectivity index is 1.22. The summed E-state index contributed by atoms with van der Waals surface area (Å²) in [5.74, 6) is -1.55. The van der Waals surface area contributed by atoms with Crippen LogP contribution in [-0.2, 0) is 23.7 Å². The zero-order valence-electron chi connectivity index (χ0n) is 29.8. The van der Waals surface area contributed by atoms with Crippen LogP contribution in [0.4, 0.5) is 0 Å². The van der Waals surface area contributed by atoms with Gasteiger partial charge in [0.05, 0.1) is 33.0 Å². The number of phenolic OH excluding ortho intramolecular Hbond substituents is 2. The van der Waals surface area contributed by atoms with E-state index in [1.54, 1.807) is 0 Å². The highest BCUT2D eigenvalue weighted by molar-refractivity contribution is 5.88. The van der Waals surface area contributed by atoms with Crippen molar-refractivity contribution in [3.63, 3.8) is 0 Å². The minimum Gasteiger partial charge on any atom is -0.507 e. The van der Waals surface area contributed by atoms with Crippen LogP contribution in [-0.4, -0.2) is 164 Å². The lowest BCUT2D eigenvalue weighted by Gasteiger charge is -2.46. The largest absolute Gasteiger partial charge is 0.507 e. The Bertz CT molecular complexity index is 1870. The van der Waals surface area contributed by atoms with Crippen molar-refractivity contribution in [3.8, 4) is 40.1 Å². The number of hydrogen-bond donors (Lipinski definition) is 10. The van der Waals surface area contributed by atoms with Crippen LogP contribution in [0.2, 0.25) is 0 Å². The molecule has 2 aromatic carbocycles. The van der Waals surface area contributed by atoms with Gasteiger partial charge in [0.2, 0.25) is 17.5 Å². The summed E-state index contributed by atoms with van der Waals surface area (Å²) in [5.41, 5.74) is -0.952. The maximum absolute atomic E-state index is 14.0. The van der Waals surface area contributed by atoms with Gasteiger partial charge in [-0.3, -0.25) is 4.79 Å². The minimum atomic E-state index is -1.98. The molecule has 3 saturated heterocycles. The summed E-state index contributed by atoms with van der Waals surface area (Å²) in [7, 11) is 2.62. The second kappa shape index (κ2) is 16.3. The van der Waals surface area contributed by atoms with Crippen molar-refractivity contribution in [3.05, 3.63) is 40.6 Å². The fourth-order valence-electron chi connectivity index (χ4n) is 6.56. The summed E-state index contributed by atoms with van der Waals surface area (Å²) in [6.45, 7) is 2.23. The molecule has 1 aromatic heterocycles. The number of fused-ring (bicyclic) bond motifs is 1. The van der Waals surface area contributed by atoms with Crippen LogP contribution >= 0.6 is 0 Å². The zero-order valence-corrected chi connectivity index (χ0v) is 29.8. The molecule has 6 rings (SSSR count). The van der Waals surface area contributed by atoms with E-state index in [1.165, 1.54) is 52.3 Å². The van der Waals surface area contributed by atoms with E-state index in [0.29, 0.717) is 0 Å². The third-order valence-electron chi connectivity index (χ3n) is 9.79. The first kappa shape index (κ1) is 40.8. The van der Waals surface area contributed by atoms with E-state index in [2.05, 4.69) is 0 Å². The summed E-state index contributed by atoms with van der Waals surface area (Å²) in [5, 5.41) is 105. The van der Waals surface area contributed by atoms with Crippen LogP contribution in [0.25, 0.3) is 22.3 Å². The standard InChI is InChI=1S/C35H44O20/c1-11-21(38)24(41)27(44)34(50-11)54-30-12(2)51-33(29(46)26(30)43)49-10-19-22(39)25(42)28(45)35(53-19)55-32-23(40)20-16(37)8-14(47-3)9-18(20)52-31(32)13-5-6-15(36)17(7-13)48-4/h5-9,11-12,19,21-22,24-30,33-39,41-46H,10H2,1-4H3/t11-,12-,19+,21-,22+,24-,25-,26+,27+,28+,29+,30-,33+,34-,35-/m0/s1. The molecule has 0 spiro atoms. The summed E-state index contributed by atoms with van der Waals surface area (Å²) in [4.78, 5) is 14.0. The normalized spacial score (nSPS) is 36.8. The maximum atomic E-state index is 14.0. The third-order valence-corrected chi connectivity index (χ3v) is 9.79. The van der Waals surface area contributed by atoms with Crippen molar-refractivity contribution in [1.82, 2.24) is 0 Å². The predicted octanol–water partition coefficient (Wildman–Crippen LogP) is -2.23. The molecule has 3 aliphatic heterocycles. The number of rotatable bonds is 10. The fraction of sp³-hybridized carbons (Fsp3) is 0.571. The van der Waals surface area contributed by atoms with Gasteiger partial charge in [-0.1, -0.05) is 0 Å². The first-order valence-corrected chi connectivity index (χ1v) is 17.2. The quantitative estimate of drug-likeness (QED) is 0.104. The average Bonchev–Trinajstić information content (AvgIpc) is 3.16. The molecule has 10 N–H and O–H groups in total. The third kappa shape index (κ3) is 7.79. The van der Waals surface area contributed by atoms with Crippen LogP contribution in [0.5, 0.6) is 28.7 Å². The van der Waals surface area contributed by atoms with Gasteiger partial charge in [-0.25, -0.2) is 0 Å². The number of ether oxygens (including phenoxy) is 8. The van der Waals surface area contributed by atoms with Crippen LogP contribution < -0.4 is 19.6 Å². The lowest BCUT2D eigenvalue weighted by atomic mass is 9.97. The van der Waals surface area contributed by atoms with E-state index >= 15 is 0 Å². The van der Waals surface area contributed by atoms with E-state index in [4.69, 9.17) is 42.3 Å². The lowest BCUT2D eigenvalue weighted by Crippen LogP contribution is -2.63. The van der Waals surface area contributed by atoms with Crippen molar-refractivity contribution in [1.29, 1.82) is 0 Å². The molecule has 3 aromatic rings. The Hall–Kier alpha value is -3.87. The van der Waals surface area contributed by atoms with E-state index in [9.17, 15) is 55.9 Å². The smallest absolute Gasteiger partial charge is 0.239 e. The Labute approximate surface area is 311 Å². The number of hydrogen-bond acceptors (Lipinski definition) is 20. The molecule has 0 bridgehead atoms. The number of benzene rings is 2. The van der Waals surface area contributed by atoms with E-state index in [1.807, 2.05) is 0 Å². The summed E-state index contributed by atoms with van der Waals surface area (Å²) in [6, 6.07) is 6.42. The first-order valence-electron chi connectivity index (χ1n) is 17.2. The van der Waals surface area contributed by atoms with Gasteiger partial charge in [-0.05, 0) is 32.0 Å². The van der Waals surface area contributed by atoms with Crippen LogP contribution in [0, 0.1) is 0 Å². The second-order valence-corrected chi connectivity index (χ2v) is 13.4. The Morgan fingerprint density at radius 1 is 0.673 bits per heavy atom. The number of aromatic hydroxyl groups is 2.